The van der Waals surface area contributed by atoms with Crippen molar-refractivity contribution in [2.45, 2.75) is 6.92 Å². The predicted octanol–water partition coefficient (Wildman–Crippen LogP) is 3.64. The van der Waals surface area contributed by atoms with E-state index >= 15 is 0 Å². The van der Waals surface area contributed by atoms with E-state index in [1.54, 1.807) is 0 Å². The molecule has 0 aliphatic rings. The smallest absolute Gasteiger partial charge is 0.0866 e. The Morgan fingerprint density at radius 1 is 1.05 bits per heavy atom. The fraction of sp³-hybridized carbons (Fsp3) is 0.118. The molecule has 0 aliphatic heterocycles. The van der Waals surface area contributed by atoms with E-state index in [-0.39, 0.29) is 0 Å². The highest BCUT2D eigenvalue weighted by Gasteiger charge is 2.02. The zero-order valence-electron chi connectivity index (χ0n) is 11.1. The molecule has 2 rings (SSSR count). The van der Waals surface area contributed by atoms with Crippen LogP contribution >= 0.6 is 0 Å². The number of benzene rings is 2. The maximum atomic E-state index is 5.52. The van der Waals surface area contributed by atoms with Gasteiger partial charge in [-0.2, -0.15) is 0 Å². The summed E-state index contributed by atoms with van der Waals surface area (Å²) in [6.07, 6.45) is 3.96. The van der Waals surface area contributed by atoms with Crippen molar-refractivity contribution in [3.63, 3.8) is 0 Å². The number of aliphatic imine (C=N–C) groups is 1. The van der Waals surface area contributed by atoms with Crippen LogP contribution in [0.5, 0.6) is 0 Å². The summed E-state index contributed by atoms with van der Waals surface area (Å²) in [6.45, 7) is 2.28. The molecule has 0 amide bonds. The Balaban J connectivity index is 2.42. The van der Waals surface area contributed by atoms with Gasteiger partial charge in [0, 0.05) is 5.56 Å². The summed E-state index contributed by atoms with van der Waals surface area (Å²) in [5.41, 5.74) is 9.92. The van der Waals surface area contributed by atoms with Crippen LogP contribution in [0.3, 0.4) is 0 Å². The number of nitrogens with zero attached hydrogens (tertiary/aromatic N) is 1. The molecule has 0 heterocycles. The maximum absolute atomic E-state index is 5.52. The normalized spacial score (nSPS) is 12.0. The van der Waals surface area contributed by atoms with Gasteiger partial charge in [0.2, 0.25) is 0 Å². The van der Waals surface area contributed by atoms with Gasteiger partial charge in [0.15, 0.2) is 0 Å². The molecule has 0 spiro atoms. The largest absolute Gasteiger partial charge is 0.312 e. The van der Waals surface area contributed by atoms with E-state index in [2.05, 4.69) is 35.3 Å². The summed E-state index contributed by atoms with van der Waals surface area (Å²) in [4.78, 5) is 4.33. The predicted molar refractivity (Wildman–Crippen MR) is 82.3 cm³/mol. The third kappa shape index (κ3) is 3.39. The average molecular weight is 250 g/mol. The van der Waals surface area contributed by atoms with Gasteiger partial charge in [-0.3, -0.25) is 4.99 Å². The Morgan fingerprint density at radius 2 is 1.79 bits per heavy atom. The molecular weight excluding hydrogens is 232 g/mol. The van der Waals surface area contributed by atoms with Crippen LogP contribution in [-0.4, -0.2) is 12.4 Å². The molecule has 0 fully saturated rings. The molecule has 0 atom stereocenters. The van der Waals surface area contributed by atoms with Crippen molar-refractivity contribution in [3.8, 4) is 11.1 Å². The minimum atomic E-state index is 0.301. The lowest BCUT2D eigenvalue weighted by molar-refractivity contribution is 1.07. The Hall–Kier alpha value is -2.19. The van der Waals surface area contributed by atoms with Gasteiger partial charge in [0.1, 0.15) is 0 Å². The fourth-order valence-electron chi connectivity index (χ4n) is 1.99. The number of hydrogen-bond donors (Lipinski definition) is 1. The molecule has 19 heavy (non-hydrogen) atoms. The van der Waals surface area contributed by atoms with Gasteiger partial charge >= 0.3 is 0 Å². The molecule has 96 valence electrons. The van der Waals surface area contributed by atoms with E-state index in [4.69, 9.17) is 5.73 Å². The van der Waals surface area contributed by atoms with Crippen LogP contribution in [-0.2, 0) is 0 Å². The Labute approximate surface area is 114 Å². The van der Waals surface area contributed by atoms with Gasteiger partial charge in [-0.25, -0.2) is 0 Å². The zero-order valence-corrected chi connectivity index (χ0v) is 11.1. The third-order valence-electron chi connectivity index (χ3n) is 2.85. The molecule has 2 aromatic rings. The van der Waals surface area contributed by atoms with E-state index in [9.17, 15) is 0 Å². The van der Waals surface area contributed by atoms with Crippen LogP contribution in [0.2, 0.25) is 0 Å². The zero-order chi connectivity index (χ0) is 13.5. The first-order chi connectivity index (χ1) is 9.35. The first-order valence-electron chi connectivity index (χ1n) is 6.38. The van der Waals surface area contributed by atoms with Crippen LogP contribution in [0, 0.1) is 0 Å². The van der Waals surface area contributed by atoms with Crippen LogP contribution in [0.1, 0.15) is 12.5 Å². The number of rotatable bonds is 4. The topological polar surface area (TPSA) is 38.4 Å². The van der Waals surface area contributed by atoms with Crippen LogP contribution < -0.4 is 5.73 Å². The van der Waals surface area contributed by atoms with Crippen molar-refractivity contribution in [2.75, 3.05) is 6.67 Å². The van der Waals surface area contributed by atoms with Crippen molar-refractivity contribution < 1.29 is 0 Å². The van der Waals surface area contributed by atoms with Crippen molar-refractivity contribution in [3.05, 3.63) is 72.3 Å². The highest BCUT2D eigenvalue weighted by atomic mass is 14.9. The summed E-state index contributed by atoms with van der Waals surface area (Å²) in [5, 5.41) is 0. The molecule has 0 bridgehead atoms. The molecular formula is C17H18N2. The standard InChI is InChI=1S/C17H18N2/c1-2-7-17(19-13-18)16-11-6-10-15(12-16)14-8-4-3-5-9-14/h2-12H,13,18H2,1H3/b7-2-,19-17+. The average Bonchev–Trinajstić information content (AvgIpc) is 2.48. The van der Waals surface area contributed by atoms with E-state index in [1.807, 2.05) is 43.3 Å². The van der Waals surface area contributed by atoms with E-state index < -0.39 is 0 Å². The summed E-state index contributed by atoms with van der Waals surface area (Å²) in [6, 6.07) is 18.7. The van der Waals surface area contributed by atoms with Gasteiger partial charge in [0.25, 0.3) is 0 Å². The molecule has 2 N–H and O–H groups in total. The first kappa shape index (κ1) is 13.2. The molecule has 2 aromatic carbocycles. The second kappa shape index (κ2) is 6.66. The molecule has 2 heteroatoms. The summed E-state index contributed by atoms with van der Waals surface area (Å²) in [7, 11) is 0. The lowest BCUT2D eigenvalue weighted by Gasteiger charge is -2.06. The highest BCUT2D eigenvalue weighted by molar-refractivity contribution is 6.09. The van der Waals surface area contributed by atoms with Gasteiger partial charge in [-0.15, -0.1) is 0 Å². The van der Waals surface area contributed by atoms with Crippen molar-refractivity contribution >= 4 is 5.71 Å². The SMILES string of the molecule is C/C=C\C(=N/CN)c1cccc(-c2ccccc2)c1. The Morgan fingerprint density at radius 3 is 2.47 bits per heavy atom. The van der Waals surface area contributed by atoms with E-state index in [0.29, 0.717) is 6.67 Å². The quantitative estimate of drug-likeness (QED) is 0.827. The molecule has 0 aliphatic carbocycles. The Bertz CT molecular complexity index is 583. The number of hydrogen-bond acceptors (Lipinski definition) is 2. The van der Waals surface area contributed by atoms with Gasteiger partial charge in [-0.05, 0) is 30.2 Å². The van der Waals surface area contributed by atoms with Crippen LogP contribution in [0.4, 0.5) is 0 Å². The van der Waals surface area contributed by atoms with E-state index in [1.165, 1.54) is 11.1 Å². The molecule has 0 saturated heterocycles. The summed E-state index contributed by atoms with van der Waals surface area (Å²) >= 11 is 0. The number of allylic oxidation sites excluding steroid dienone is 2. The molecule has 2 nitrogen and oxygen atoms in total. The molecule has 0 saturated carbocycles. The number of nitrogens with two attached hydrogens (primary N) is 1. The first-order valence-corrected chi connectivity index (χ1v) is 6.38. The molecule has 0 unspecified atom stereocenters. The molecule has 0 aromatic heterocycles. The van der Waals surface area contributed by atoms with Crippen molar-refractivity contribution in [1.82, 2.24) is 0 Å². The van der Waals surface area contributed by atoms with Crippen molar-refractivity contribution in [1.29, 1.82) is 0 Å². The monoisotopic (exact) mass is 250 g/mol. The minimum Gasteiger partial charge on any atom is -0.312 e. The second-order valence-electron chi connectivity index (χ2n) is 4.17. The van der Waals surface area contributed by atoms with Gasteiger partial charge in [-0.1, -0.05) is 54.6 Å². The Kier molecular flexibility index (Phi) is 4.65. The van der Waals surface area contributed by atoms with Crippen LogP contribution in [0.25, 0.3) is 11.1 Å². The maximum Gasteiger partial charge on any atom is 0.0866 e. The lowest BCUT2D eigenvalue weighted by atomic mass is 10.0. The van der Waals surface area contributed by atoms with Crippen molar-refractivity contribution in [2.24, 2.45) is 10.7 Å². The lowest BCUT2D eigenvalue weighted by Crippen LogP contribution is -2.03. The summed E-state index contributed by atoms with van der Waals surface area (Å²) < 4.78 is 0. The highest BCUT2D eigenvalue weighted by Crippen LogP contribution is 2.20. The fourth-order valence-corrected chi connectivity index (χ4v) is 1.99. The van der Waals surface area contributed by atoms with Crippen LogP contribution in [0.15, 0.2) is 71.7 Å². The van der Waals surface area contributed by atoms with Gasteiger partial charge < -0.3 is 5.73 Å². The van der Waals surface area contributed by atoms with E-state index in [0.717, 1.165) is 11.3 Å². The second-order valence-corrected chi connectivity index (χ2v) is 4.17. The minimum absolute atomic E-state index is 0.301. The third-order valence-corrected chi connectivity index (χ3v) is 2.85. The summed E-state index contributed by atoms with van der Waals surface area (Å²) in [5.74, 6) is 0. The molecule has 0 radical (unpaired) electrons. The van der Waals surface area contributed by atoms with Gasteiger partial charge in [0.05, 0.1) is 12.4 Å².